The average Bonchev–Trinajstić information content (AvgIpc) is 3.99. The van der Waals surface area contributed by atoms with Crippen molar-refractivity contribution in [1.82, 2.24) is 9.97 Å². The van der Waals surface area contributed by atoms with Crippen LogP contribution < -0.4 is 0 Å². The van der Waals surface area contributed by atoms with Crippen LogP contribution in [0.15, 0.2) is 148 Å². The molecule has 2 aliphatic rings. The minimum Gasteiger partial charge on any atom is -0.446 e. The molecule has 1 fully saturated rings. The van der Waals surface area contributed by atoms with Crippen molar-refractivity contribution < 1.29 is 38.1 Å². The van der Waals surface area contributed by atoms with E-state index < -0.39 is 34.5 Å². The lowest BCUT2D eigenvalue weighted by Crippen LogP contribution is -2.48. The Morgan fingerprint density at radius 3 is 1.80 bits per heavy atom. The minimum absolute atomic E-state index is 0.0201. The van der Waals surface area contributed by atoms with Crippen LogP contribution in [0.1, 0.15) is 35.4 Å². The molecule has 0 N–H and O–H groups in total. The number of pyridine rings is 2. The summed E-state index contributed by atoms with van der Waals surface area (Å²) >= 11 is 24.3. The number of ether oxygens (including phenoxy) is 4. The molecule has 6 heterocycles. The molecular weight excluding hydrogens is 1020 g/mol. The molecule has 2 aliphatic heterocycles. The van der Waals surface area contributed by atoms with Gasteiger partial charge in [-0.2, -0.15) is 22.7 Å². The molecule has 306 valence electrons. The lowest BCUT2D eigenvalue weighted by molar-refractivity contribution is -0.166. The monoisotopic (exact) mass is 1040 g/mol. The van der Waals surface area contributed by atoms with Crippen molar-refractivity contribution in [2.45, 2.75) is 39.1 Å². The first kappa shape index (κ1) is 44.1. The minimum atomic E-state index is -1.27. The molecule has 10 nitrogen and oxygen atoms in total. The van der Waals surface area contributed by atoms with Gasteiger partial charge in [-0.3, -0.25) is 19.6 Å². The number of thiophene rings is 2. The van der Waals surface area contributed by atoms with Gasteiger partial charge in [0, 0.05) is 42.3 Å². The lowest BCUT2D eigenvalue weighted by atomic mass is 9.84. The molecule has 4 aromatic heterocycles. The molecule has 2 aromatic carbocycles. The van der Waals surface area contributed by atoms with Crippen LogP contribution in [0, 0.1) is 0 Å². The van der Waals surface area contributed by atoms with Crippen LogP contribution in [0.25, 0.3) is 0 Å². The van der Waals surface area contributed by atoms with Gasteiger partial charge in [-0.05, 0) is 114 Å². The number of Topliss-reactive ketones (excluding diaryl/α,β-unsaturated/α-hetero) is 1. The predicted octanol–water partition coefficient (Wildman–Crippen LogP) is 12.0. The number of benzene rings is 2. The molecule has 60 heavy (non-hydrogen) atoms. The molecule has 1 saturated heterocycles. The van der Waals surface area contributed by atoms with E-state index >= 15 is 0 Å². The second-order valence-electron chi connectivity index (χ2n) is 12.8. The van der Waals surface area contributed by atoms with Crippen molar-refractivity contribution in [3.05, 3.63) is 171 Å². The molecule has 8 rings (SSSR count). The fourth-order valence-corrected chi connectivity index (χ4v) is 10.5. The summed E-state index contributed by atoms with van der Waals surface area (Å²) in [6.45, 7) is 0. The normalized spacial score (nSPS) is 20.1. The second-order valence-corrected chi connectivity index (χ2v) is 19.2. The van der Waals surface area contributed by atoms with Gasteiger partial charge in [0.1, 0.15) is 10.7 Å². The van der Waals surface area contributed by atoms with Crippen LogP contribution in [0.2, 0.25) is 10.0 Å². The van der Waals surface area contributed by atoms with Crippen LogP contribution >= 0.6 is 101 Å². The summed E-state index contributed by atoms with van der Waals surface area (Å²) in [4.78, 5) is 61.7. The summed E-state index contributed by atoms with van der Waals surface area (Å²) in [7, 11) is 1.20. The molecule has 6 aromatic rings. The number of esters is 2. The molecular formula is C42H28Br2Cl2N2O8S4. The van der Waals surface area contributed by atoms with Crippen molar-refractivity contribution in [1.29, 1.82) is 0 Å². The van der Waals surface area contributed by atoms with Crippen molar-refractivity contribution in [2.24, 2.45) is 0 Å². The Kier molecular flexibility index (Phi) is 14.2. The Balaban J connectivity index is 0.000000183. The Hall–Kier alpha value is -4.00. The largest absolute Gasteiger partial charge is 0.513 e. The Labute approximate surface area is 387 Å². The van der Waals surface area contributed by atoms with Crippen molar-refractivity contribution in [2.75, 3.05) is 7.11 Å². The molecule has 0 bridgehead atoms. The Morgan fingerprint density at radius 2 is 1.32 bits per heavy atom. The van der Waals surface area contributed by atoms with Gasteiger partial charge in [0.05, 0.1) is 41.4 Å². The summed E-state index contributed by atoms with van der Waals surface area (Å²) in [5.74, 6) is -1.33. The first-order valence-electron chi connectivity index (χ1n) is 17.5. The molecule has 0 radical (unpaired) electrons. The smallest absolute Gasteiger partial charge is 0.446 e. The molecule has 3 unspecified atom stereocenters. The summed E-state index contributed by atoms with van der Waals surface area (Å²) < 4.78 is 23.7. The molecule has 3 atom stereocenters. The van der Waals surface area contributed by atoms with Gasteiger partial charge in [-0.15, -0.1) is 11.8 Å². The average molecular weight is 1050 g/mol. The highest BCUT2D eigenvalue weighted by Crippen LogP contribution is 2.49. The number of halogens is 4. The zero-order valence-electron chi connectivity index (χ0n) is 30.8. The van der Waals surface area contributed by atoms with Crippen LogP contribution in [0.3, 0.4) is 0 Å². The van der Waals surface area contributed by atoms with Gasteiger partial charge in [0.25, 0.3) is 0 Å². The number of methoxy groups -OCH3 is 1. The third kappa shape index (κ3) is 9.55. The number of cyclic esters (lactones) is 2. The van der Waals surface area contributed by atoms with E-state index in [1.807, 2.05) is 51.9 Å². The quantitative estimate of drug-likeness (QED) is 0.0776. The summed E-state index contributed by atoms with van der Waals surface area (Å²) in [5.41, 5.74) is 0.00352. The first-order valence-corrected chi connectivity index (χ1v) is 23.5. The van der Waals surface area contributed by atoms with Crippen molar-refractivity contribution in [3.8, 4) is 0 Å². The van der Waals surface area contributed by atoms with E-state index in [9.17, 15) is 19.2 Å². The lowest BCUT2D eigenvalue weighted by Gasteiger charge is -2.37. The number of thioether (sulfide) groups is 2. The highest BCUT2D eigenvalue weighted by atomic mass is 79.9. The Bertz CT molecular complexity index is 2540. The van der Waals surface area contributed by atoms with E-state index in [4.69, 9.17) is 37.4 Å². The third-order valence-electron chi connectivity index (χ3n) is 9.08. The van der Waals surface area contributed by atoms with Crippen LogP contribution in [0.5, 0.6) is 0 Å². The molecule has 0 amide bonds. The van der Waals surface area contributed by atoms with E-state index in [2.05, 4.69) is 46.6 Å². The number of rotatable bonds is 9. The number of aromatic nitrogens is 2. The van der Waals surface area contributed by atoms with Crippen LogP contribution in [-0.2, 0) is 44.5 Å². The maximum Gasteiger partial charge on any atom is 0.513 e. The number of nitrogens with zero attached hydrogens (tertiary/aromatic N) is 2. The van der Waals surface area contributed by atoms with Crippen molar-refractivity contribution in [3.63, 3.8) is 0 Å². The van der Waals surface area contributed by atoms with Gasteiger partial charge in [0.15, 0.2) is 22.2 Å². The van der Waals surface area contributed by atoms with E-state index in [-0.39, 0.29) is 29.3 Å². The maximum absolute atomic E-state index is 13.3. The van der Waals surface area contributed by atoms with Gasteiger partial charge in [-0.25, -0.2) is 9.59 Å². The fourth-order valence-electron chi connectivity index (χ4n) is 6.25. The molecule has 18 heteroatoms. The second kappa shape index (κ2) is 19.4. The summed E-state index contributed by atoms with van der Waals surface area (Å²) in [6.07, 6.45) is 2.38. The molecule has 0 aliphatic carbocycles. The number of carbonyl (C=O) groups is 4. The van der Waals surface area contributed by atoms with Crippen LogP contribution in [-0.4, -0.2) is 46.2 Å². The number of hydrogen-bond acceptors (Lipinski definition) is 14. The van der Waals surface area contributed by atoms with Gasteiger partial charge < -0.3 is 18.9 Å². The van der Waals surface area contributed by atoms with Gasteiger partial charge in [-0.1, -0.05) is 59.2 Å². The van der Waals surface area contributed by atoms with Crippen LogP contribution in [0.4, 0.5) is 4.79 Å². The van der Waals surface area contributed by atoms with E-state index in [0.29, 0.717) is 31.2 Å². The third-order valence-corrected chi connectivity index (χ3v) is 14.7. The predicted molar refractivity (Wildman–Crippen MR) is 239 cm³/mol. The van der Waals surface area contributed by atoms with Gasteiger partial charge >= 0.3 is 18.1 Å². The first-order chi connectivity index (χ1) is 28.9. The highest BCUT2D eigenvalue weighted by molar-refractivity contribution is 9.10. The van der Waals surface area contributed by atoms with Gasteiger partial charge in [0.2, 0.25) is 0 Å². The topological polar surface area (TPSA) is 131 Å². The standard InChI is InChI=1S/C22H15BrClNO5S2.C20H13BrClNO3S2/c1-28-21(27)29-16-10-22(13-8-9-31-12-13,18-7-6-14(23)11-25-18)30-20(26)19(16)32-17-5-3-2-4-15(17)24;21-13-5-6-17(23-10-13)20(12-7-8-27-11-12)9-15(24)18(19(25)26-20)28-16-4-2-1-3-14(16)22/h2-9,11-12H,10H2,1H3;1-8,10-11,18H,9H2. The number of carbonyl (C=O) groups excluding carboxylic acids is 4. The zero-order valence-corrected chi connectivity index (χ0v) is 38.8. The Morgan fingerprint density at radius 1 is 0.767 bits per heavy atom. The fraction of sp³-hybridized carbons (Fsp3) is 0.143. The maximum atomic E-state index is 13.3. The van der Waals surface area contributed by atoms with E-state index in [0.717, 1.165) is 43.6 Å². The zero-order chi connectivity index (χ0) is 42.4. The highest BCUT2D eigenvalue weighted by Gasteiger charge is 2.51. The van der Waals surface area contributed by atoms with E-state index in [1.165, 1.54) is 29.8 Å². The number of hydrogen-bond donors (Lipinski definition) is 0. The molecule has 0 saturated carbocycles. The summed E-state index contributed by atoms with van der Waals surface area (Å²) in [6, 6.07) is 25.0. The SMILES string of the molecule is COC(=O)OC1=C(Sc2ccccc2Cl)C(=O)OC(c2ccsc2)(c2ccc(Br)cn2)C1.O=C1CC(c2ccsc2)(c2ccc(Br)cn2)OC(=O)C1Sc1ccccc1Cl. The number of ketones is 1. The molecule has 0 spiro atoms. The van der Waals surface area contributed by atoms with E-state index in [1.54, 1.807) is 67.0 Å². The van der Waals surface area contributed by atoms with Crippen molar-refractivity contribution >= 4 is 125 Å². The summed E-state index contributed by atoms with van der Waals surface area (Å²) in [5, 5.41) is 7.52.